The first-order valence-electron chi connectivity index (χ1n) is 4.25. The van der Waals surface area contributed by atoms with Crippen molar-refractivity contribution in [1.82, 2.24) is 4.98 Å². The molecule has 2 aliphatic heterocycles. The molecule has 3 heterocycles. The predicted molar refractivity (Wildman–Crippen MR) is 52.0 cm³/mol. The zero-order chi connectivity index (χ0) is 8.67. The number of aromatic nitrogens is 1. The topological polar surface area (TPSA) is 40.9 Å². The molecular formula is C9H8N4. The molecule has 0 amide bonds. The maximum atomic E-state index is 4.33. The number of nitrogens with zero attached hydrogens (tertiary/aromatic N) is 4. The molecule has 0 unspecified atom stereocenters. The SMILES string of the molecule is C1=Nc2cnccc2N2CCN=C12. The van der Waals surface area contributed by atoms with Gasteiger partial charge in [0.05, 0.1) is 24.6 Å². The summed E-state index contributed by atoms with van der Waals surface area (Å²) in [6.45, 7) is 1.82. The molecule has 2 aliphatic rings. The molecule has 0 aromatic carbocycles. The summed E-state index contributed by atoms with van der Waals surface area (Å²) in [5, 5.41) is 0. The zero-order valence-corrected chi connectivity index (χ0v) is 7.01. The van der Waals surface area contributed by atoms with E-state index in [1.807, 2.05) is 6.07 Å². The van der Waals surface area contributed by atoms with Crippen LogP contribution in [0.15, 0.2) is 28.4 Å². The first-order chi connectivity index (χ1) is 6.45. The fraction of sp³-hybridized carbons (Fsp3) is 0.222. The van der Waals surface area contributed by atoms with Gasteiger partial charge in [-0.1, -0.05) is 0 Å². The summed E-state index contributed by atoms with van der Waals surface area (Å²) in [6.07, 6.45) is 5.37. The van der Waals surface area contributed by atoms with Crippen LogP contribution in [-0.2, 0) is 0 Å². The molecule has 13 heavy (non-hydrogen) atoms. The number of rotatable bonds is 0. The average molecular weight is 172 g/mol. The van der Waals surface area contributed by atoms with Crippen LogP contribution >= 0.6 is 0 Å². The molecule has 64 valence electrons. The van der Waals surface area contributed by atoms with Gasteiger partial charge >= 0.3 is 0 Å². The van der Waals surface area contributed by atoms with Crippen LogP contribution in [0.2, 0.25) is 0 Å². The highest BCUT2D eigenvalue weighted by Gasteiger charge is 2.22. The van der Waals surface area contributed by atoms with Crippen molar-refractivity contribution in [3.8, 4) is 0 Å². The first kappa shape index (κ1) is 6.77. The van der Waals surface area contributed by atoms with Crippen LogP contribution < -0.4 is 4.90 Å². The Morgan fingerprint density at radius 1 is 1.38 bits per heavy atom. The Morgan fingerprint density at radius 3 is 3.38 bits per heavy atom. The molecule has 0 spiro atoms. The van der Waals surface area contributed by atoms with Gasteiger partial charge < -0.3 is 4.90 Å². The number of pyridine rings is 1. The number of hydrogen-bond donors (Lipinski definition) is 0. The highest BCUT2D eigenvalue weighted by atomic mass is 15.3. The minimum Gasteiger partial charge on any atom is -0.322 e. The minimum absolute atomic E-state index is 0.864. The fourth-order valence-corrected chi connectivity index (χ4v) is 1.65. The van der Waals surface area contributed by atoms with Crippen molar-refractivity contribution in [1.29, 1.82) is 0 Å². The van der Waals surface area contributed by atoms with Crippen LogP contribution in [0.25, 0.3) is 0 Å². The van der Waals surface area contributed by atoms with E-state index in [4.69, 9.17) is 0 Å². The van der Waals surface area contributed by atoms with Gasteiger partial charge in [-0.15, -0.1) is 0 Å². The van der Waals surface area contributed by atoms with E-state index in [1.54, 1.807) is 18.6 Å². The van der Waals surface area contributed by atoms with Crippen molar-refractivity contribution in [2.75, 3.05) is 18.0 Å². The molecule has 0 aliphatic carbocycles. The number of hydrogen-bond acceptors (Lipinski definition) is 4. The number of aliphatic imine (C=N–C) groups is 2. The van der Waals surface area contributed by atoms with Crippen LogP contribution in [0, 0.1) is 0 Å². The molecule has 0 N–H and O–H groups in total. The number of fused-ring (bicyclic) bond motifs is 3. The molecule has 1 aromatic heterocycles. The van der Waals surface area contributed by atoms with Gasteiger partial charge in [-0.05, 0) is 6.07 Å². The lowest BCUT2D eigenvalue weighted by Gasteiger charge is -2.22. The van der Waals surface area contributed by atoms with Gasteiger partial charge in [-0.25, -0.2) is 4.99 Å². The maximum absolute atomic E-state index is 4.33. The molecule has 0 fully saturated rings. The minimum atomic E-state index is 0.864. The molecule has 0 saturated carbocycles. The van der Waals surface area contributed by atoms with E-state index >= 15 is 0 Å². The summed E-state index contributed by atoms with van der Waals surface area (Å²) in [5.41, 5.74) is 2.05. The lowest BCUT2D eigenvalue weighted by atomic mass is 10.2. The van der Waals surface area contributed by atoms with Gasteiger partial charge in [0.2, 0.25) is 0 Å². The molecule has 4 nitrogen and oxygen atoms in total. The largest absolute Gasteiger partial charge is 0.322 e. The summed E-state index contributed by atoms with van der Waals surface area (Å²) < 4.78 is 0. The third-order valence-electron chi connectivity index (χ3n) is 2.26. The van der Waals surface area contributed by atoms with Crippen molar-refractivity contribution in [2.24, 2.45) is 9.98 Å². The summed E-state index contributed by atoms with van der Waals surface area (Å²) >= 11 is 0. The Balaban J connectivity index is 2.20. The van der Waals surface area contributed by atoms with E-state index in [9.17, 15) is 0 Å². The molecule has 3 rings (SSSR count). The third kappa shape index (κ3) is 0.884. The van der Waals surface area contributed by atoms with Crippen LogP contribution in [0.1, 0.15) is 0 Å². The van der Waals surface area contributed by atoms with E-state index in [0.29, 0.717) is 0 Å². The highest BCUT2D eigenvalue weighted by Crippen LogP contribution is 2.31. The molecule has 0 saturated heterocycles. The van der Waals surface area contributed by atoms with E-state index in [0.717, 1.165) is 30.3 Å². The van der Waals surface area contributed by atoms with Gasteiger partial charge in [-0.3, -0.25) is 9.98 Å². The Kier molecular flexibility index (Phi) is 1.24. The zero-order valence-electron chi connectivity index (χ0n) is 7.01. The highest BCUT2D eigenvalue weighted by molar-refractivity contribution is 6.38. The van der Waals surface area contributed by atoms with Gasteiger partial charge in [0.25, 0.3) is 0 Å². The van der Waals surface area contributed by atoms with Crippen molar-refractivity contribution in [3.63, 3.8) is 0 Å². The van der Waals surface area contributed by atoms with Crippen LogP contribution in [0.3, 0.4) is 0 Å². The molecule has 0 bridgehead atoms. The smallest absolute Gasteiger partial charge is 0.147 e. The normalized spacial score (nSPS) is 18.2. The van der Waals surface area contributed by atoms with Crippen molar-refractivity contribution >= 4 is 23.4 Å². The van der Waals surface area contributed by atoms with E-state index in [2.05, 4.69) is 19.9 Å². The Labute approximate surface area is 75.6 Å². The molecular weight excluding hydrogens is 164 g/mol. The summed E-state index contributed by atoms with van der Waals surface area (Å²) in [5.74, 6) is 0.971. The van der Waals surface area contributed by atoms with Crippen molar-refractivity contribution in [3.05, 3.63) is 18.5 Å². The summed E-state index contributed by atoms with van der Waals surface area (Å²) in [7, 11) is 0. The van der Waals surface area contributed by atoms with E-state index in [1.165, 1.54) is 0 Å². The van der Waals surface area contributed by atoms with Crippen molar-refractivity contribution < 1.29 is 0 Å². The van der Waals surface area contributed by atoms with Gasteiger partial charge in [0.1, 0.15) is 11.5 Å². The molecule has 0 atom stereocenters. The third-order valence-corrected chi connectivity index (χ3v) is 2.26. The summed E-state index contributed by atoms with van der Waals surface area (Å²) in [4.78, 5) is 14.8. The second kappa shape index (κ2) is 2.39. The van der Waals surface area contributed by atoms with Gasteiger partial charge in [0, 0.05) is 12.7 Å². The predicted octanol–water partition coefficient (Wildman–Crippen LogP) is 1.02. The average Bonchev–Trinajstić information content (AvgIpc) is 2.65. The quantitative estimate of drug-likeness (QED) is 0.586. The Hall–Kier alpha value is -1.71. The van der Waals surface area contributed by atoms with Crippen LogP contribution in [0.5, 0.6) is 0 Å². The standard InChI is InChI=1S/C9H8N4/c1-2-10-5-7-8(1)13-4-3-11-9(13)6-12-7/h1-2,5-6H,3-4H2. The van der Waals surface area contributed by atoms with E-state index < -0.39 is 0 Å². The fourth-order valence-electron chi connectivity index (χ4n) is 1.65. The van der Waals surface area contributed by atoms with Gasteiger partial charge in [0.15, 0.2) is 0 Å². The van der Waals surface area contributed by atoms with E-state index in [-0.39, 0.29) is 0 Å². The number of anilines is 1. The molecule has 1 aromatic rings. The molecule has 0 radical (unpaired) electrons. The first-order valence-corrected chi connectivity index (χ1v) is 4.25. The van der Waals surface area contributed by atoms with Crippen LogP contribution in [-0.4, -0.2) is 30.1 Å². The second-order valence-corrected chi connectivity index (χ2v) is 3.01. The number of amidine groups is 1. The summed E-state index contributed by atoms with van der Waals surface area (Å²) in [6, 6.07) is 1.98. The lowest BCUT2D eigenvalue weighted by molar-refractivity contribution is 1.02. The Morgan fingerprint density at radius 2 is 2.38 bits per heavy atom. The molecule has 4 heteroatoms. The van der Waals surface area contributed by atoms with Crippen LogP contribution in [0.4, 0.5) is 11.4 Å². The Bertz CT molecular complexity index is 408. The van der Waals surface area contributed by atoms with Gasteiger partial charge in [-0.2, -0.15) is 0 Å². The van der Waals surface area contributed by atoms with Crippen molar-refractivity contribution in [2.45, 2.75) is 0 Å². The maximum Gasteiger partial charge on any atom is 0.147 e. The monoisotopic (exact) mass is 172 g/mol. The lowest BCUT2D eigenvalue weighted by Crippen LogP contribution is -2.30. The second-order valence-electron chi connectivity index (χ2n) is 3.01.